The fourth-order valence-electron chi connectivity index (χ4n) is 1.97. The number of nitrogens with one attached hydrogen (secondary N) is 1. The Morgan fingerprint density at radius 2 is 2.31 bits per heavy atom. The molecule has 1 amide bonds. The molecule has 1 aliphatic heterocycles. The summed E-state index contributed by atoms with van der Waals surface area (Å²) in [5.74, 6) is 0.136. The second-order valence-electron chi connectivity index (χ2n) is 4.06. The quantitative estimate of drug-likeness (QED) is 0.795. The number of carbonyl (C=O) groups is 1. The van der Waals surface area contributed by atoms with Gasteiger partial charge in [0.1, 0.15) is 5.69 Å². The predicted molar refractivity (Wildman–Crippen MR) is 66.0 cm³/mol. The lowest BCUT2D eigenvalue weighted by molar-refractivity contribution is 0.0646. The number of hydrogen-bond donors (Lipinski definition) is 1. The Labute approximate surface area is 102 Å². The molecule has 5 heteroatoms. The Morgan fingerprint density at radius 1 is 1.56 bits per heavy atom. The minimum absolute atomic E-state index is 0. The summed E-state index contributed by atoms with van der Waals surface area (Å²) in [7, 11) is 1.90. The Morgan fingerprint density at radius 3 is 2.88 bits per heavy atom. The molecule has 0 saturated carbocycles. The van der Waals surface area contributed by atoms with Gasteiger partial charge in [0.05, 0.1) is 0 Å². The summed E-state index contributed by atoms with van der Waals surface area (Å²) in [6.07, 6.45) is 1.90. The molecule has 0 bridgehead atoms. The summed E-state index contributed by atoms with van der Waals surface area (Å²) in [5.41, 5.74) is 0.767. The van der Waals surface area contributed by atoms with E-state index in [9.17, 15) is 4.79 Å². The molecule has 1 aromatic heterocycles. The first kappa shape index (κ1) is 13.1. The summed E-state index contributed by atoms with van der Waals surface area (Å²) in [6, 6.07) is 4.05. The van der Waals surface area contributed by atoms with Crippen molar-refractivity contribution in [2.45, 2.75) is 13.0 Å². The molecule has 1 atom stereocenters. The van der Waals surface area contributed by atoms with Crippen LogP contribution in [0.25, 0.3) is 0 Å². The average Bonchev–Trinajstić information content (AvgIpc) is 2.64. The molecule has 90 valence electrons. The third-order valence-electron chi connectivity index (χ3n) is 2.93. The molecule has 2 rings (SSSR count). The number of hydrogen-bond acceptors (Lipinski definition) is 2. The monoisotopic (exact) mass is 243 g/mol. The first-order valence-corrected chi connectivity index (χ1v) is 5.33. The van der Waals surface area contributed by atoms with E-state index in [2.05, 4.69) is 12.2 Å². The van der Waals surface area contributed by atoms with Gasteiger partial charge in [-0.2, -0.15) is 0 Å². The number of carbonyl (C=O) groups excluding carboxylic acids is 1. The molecule has 1 aromatic rings. The Balaban J connectivity index is 0.00000128. The van der Waals surface area contributed by atoms with Gasteiger partial charge in [0.15, 0.2) is 0 Å². The normalized spacial score (nSPS) is 20.4. The summed E-state index contributed by atoms with van der Waals surface area (Å²) in [5, 5.41) is 3.28. The van der Waals surface area contributed by atoms with Gasteiger partial charge in [0, 0.05) is 38.9 Å². The van der Waals surface area contributed by atoms with Gasteiger partial charge in [-0.25, -0.2) is 0 Å². The predicted octanol–water partition coefficient (Wildman–Crippen LogP) is 0.881. The van der Waals surface area contributed by atoms with Gasteiger partial charge in [0.2, 0.25) is 0 Å². The summed E-state index contributed by atoms with van der Waals surface area (Å²) in [6.45, 7) is 4.65. The Bertz CT molecular complexity index is 364. The molecule has 0 aromatic carbocycles. The Hall–Kier alpha value is -1.00. The highest BCUT2D eigenvalue weighted by Gasteiger charge is 2.24. The highest BCUT2D eigenvalue weighted by atomic mass is 35.5. The van der Waals surface area contributed by atoms with Crippen LogP contribution in [-0.4, -0.2) is 41.1 Å². The number of piperazine rings is 1. The van der Waals surface area contributed by atoms with Gasteiger partial charge in [-0.1, -0.05) is 0 Å². The molecule has 0 unspecified atom stereocenters. The lowest BCUT2D eigenvalue weighted by Gasteiger charge is -2.34. The zero-order chi connectivity index (χ0) is 10.8. The van der Waals surface area contributed by atoms with Crippen molar-refractivity contribution in [3.05, 3.63) is 24.0 Å². The minimum Gasteiger partial charge on any atom is -0.347 e. The number of amides is 1. The minimum atomic E-state index is 0. The van der Waals surface area contributed by atoms with Crippen LogP contribution in [0.5, 0.6) is 0 Å². The van der Waals surface area contributed by atoms with Crippen LogP contribution in [0.4, 0.5) is 0 Å². The van der Waals surface area contributed by atoms with Gasteiger partial charge in [-0.15, -0.1) is 12.4 Å². The van der Waals surface area contributed by atoms with Gasteiger partial charge in [-0.05, 0) is 19.1 Å². The van der Waals surface area contributed by atoms with E-state index >= 15 is 0 Å². The fourth-order valence-corrected chi connectivity index (χ4v) is 1.97. The lowest BCUT2D eigenvalue weighted by atomic mass is 10.2. The molecule has 4 nitrogen and oxygen atoms in total. The van der Waals surface area contributed by atoms with Crippen molar-refractivity contribution in [1.29, 1.82) is 0 Å². The zero-order valence-electron chi connectivity index (χ0n) is 9.64. The van der Waals surface area contributed by atoms with Gasteiger partial charge >= 0.3 is 0 Å². The third kappa shape index (κ3) is 2.39. The van der Waals surface area contributed by atoms with Crippen LogP contribution in [0.1, 0.15) is 17.4 Å². The first-order chi connectivity index (χ1) is 7.20. The molecule has 0 radical (unpaired) electrons. The van der Waals surface area contributed by atoms with E-state index in [-0.39, 0.29) is 24.4 Å². The molecule has 16 heavy (non-hydrogen) atoms. The van der Waals surface area contributed by atoms with Crippen molar-refractivity contribution in [1.82, 2.24) is 14.8 Å². The van der Waals surface area contributed by atoms with E-state index in [4.69, 9.17) is 0 Å². The first-order valence-electron chi connectivity index (χ1n) is 5.33. The van der Waals surface area contributed by atoms with Crippen LogP contribution in [-0.2, 0) is 7.05 Å². The molecule has 2 heterocycles. The highest BCUT2D eigenvalue weighted by molar-refractivity contribution is 5.93. The Kier molecular flexibility index (Phi) is 4.38. The van der Waals surface area contributed by atoms with Crippen LogP contribution < -0.4 is 5.32 Å². The number of nitrogens with zero attached hydrogens (tertiary/aromatic N) is 2. The van der Waals surface area contributed by atoms with Crippen LogP contribution >= 0.6 is 12.4 Å². The van der Waals surface area contributed by atoms with E-state index in [1.807, 2.05) is 34.8 Å². The van der Waals surface area contributed by atoms with Crippen molar-refractivity contribution in [3.63, 3.8) is 0 Å². The van der Waals surface area contributed by atoms with Crippen LogP contribution in [0.2, 0.25) is 0 Å². The maximum absolute atomic E-state index is 12.2. The largest absolute Gasteiger partial charge is 0.347 e. The summed E-state index contributed by atoms with van der Waals surface area (Å²) < 4.78 is 1.87. The lowest BCUT2D eigenvalue weighted by Crippen LogP contribution is -2.52. The van der Waals surface area contributed by atoms with Crippen LogP contribution in [0.15, 0.2) is 18.3 Å². The van der Waals surface area contributed by atoms with Crippen molar-refractivity contribution >= 4 is 18.3 Å². The van der Waals surface area contributed by atoms with E-state index in [0.29, 0.717) is 0 Å². The maximum atomic E-state index is 12.2. The molecule has 1 aliphatic rings. The second kappa shape index (κ2) is 5.37. The molecule has 0 spiro atoms. The van der Waals surface area contributed by atoms with Crippen molar-refractivity contribution in [2.24, 2.45) is 7.05 Å². The van der Waals surface area contributed by atoms with Gasteiger partial charge in [-0.3, -0.25) is 4.79 Å². The zero-order valence-corrected chi connectivity index (χ0v) is 10.5. The van der Waals surface area contributed by atoms with Crippen molar-refractivity contribution in [3.8, 4) is 0 Å². The number of aryl methyl sites for hydroxylation is 1. The molecule has 1 N–H and O–H groups in total. The average molecular weight is 244 g/mol. The third-order valence-corrected chi connectivity index (χ3v) is 2.93. The van der Waals surface area contributed by atoms with E-state index in [0.717, 1.165) is 25.3 Å². The molecular weight excluding hydrogens is 226 g/mol. The SMILES string of the molecule is C[C@H]1CNCCN1C(=O)c1cccn1C.Cl. The van der Waals surface area contributed by atoms with E-state index in [1.165, 1.54) is 0 Å². The molecule has 1 saturated heterocycles. The number of halogens is 1. The van der Waals surface area contributed by atoms with Crippen LogP contribution in [0.3, 0.4) is 0 Å². The maximum Gasteiger partial charge on any atom is 0.270 e. The van der Waals surface area contributed by atoms with Crippen molar-refractivity contribution < 1.29 is 4.79 Å². The van der Waals surface area contributed by atoms with Gasteiger partial charge in [0.25, 0.3) is 5.91 Å². The summed E-state index contributed by atoms with van der Waals surface area (Å²) in [4.78, 5) is 14.1. The fraction of sp³-hybridized carbons (Fsp3) is 0.545. The van der Waals surface area contributed by atoms with Crippen molar-refractivity contribution in [2.75, 3.05) is 19.6 Å². The number of aromatic nitrogens is 1. The highest BCUT2D eigenvalue weighted by Crippen LogP contribution is 2.10. The molecular formula is C11H18ClN3O. The number of rotatable bonds is 1. The van der Waals surface area contributed by atoms with Crippen LogP contribution in [0, 0.1) is 0 Å². The molecule has 0 aliphatic carbocycles. The standard InChI is InChI=1S/C11H17N3O.ClH/c1-9-8-12-5-7-14(9)11(15)10-4-3-6-13(10)2;/h3-4,6,9,12H,5,7-8H2,1-2H3;1H/t9-;/m0./s1. The molecule has 1 fully saturated rings. The van der Waals surface area contributed by atoms with E-state index in [1.54, 1.807) is 0 Å². The second-order valence-corrected chi connectivity index (χ2v) is 4.06. The topological polar surface area (TPSA) is 37.3 Å². The van der Waals surface area contributed by atoms with Gasteiger partial charge < -0.3 is 14.8 Å². The smallest absolute Gasteiger partial charge is 0.270 e. The van der Waals surface area contributed by atoms with E-state index < -0.39 is 0 Å². The summed E-state index contributed by atoms with van der Waals surface area (Å²) >= 11 is 0.